The second-order valence-electron chi connectivity index (χ2n) is 9.08. The van der Waals surface area contributed by atoms with Crippen molar-refractivity contribution in [1.82, 2.24) is 24.5 Å². The van der Waals surface area contributed by atoms with Gasteiger partial charge in [-0.05, 0) is 69.1 Å². The second kappa shape index (κ2) is 10.8. The highest BCUT2D eigenvalue weighted by Gasteiger charge is 2.30. The number of hydrogen-bond acceptors (Lipinski definition) is 6. The van der Waals surface area contributed by atoms with Gasteiger partial charge >= 0.3 is 5.69 Å². The average Bonchev–Trinajstić information content (AvgIpc) is 3.50. The van der Waals surface area contributed by atoms with Crippen molar-refractivity contribution >= 4 is 0 Å². The molecule has 3 aromatic rings. The monoisotopic (exact) mass is 467 g/mol. The van der Waals surface area contributed by atoms with Crippen LogP contribution in [0.1, 0.15) is 63.1 Å². The lowest BCUT2D eigenvalue weighted by atomic mass is 9.90. The highest BCUT2D eigenvalue weighted by atomic mass is 16.5. The minimum atomic E-state index is -1.10. The first-order chi connectivity index (χ1) is 16.5. The van der Waals surface area contributed by atoms with Crippen molar-refractivity contribution in [3.63, 3.8) is 0 Å². The van der Waals surface area contributed by atoms with Gasteiger partial charge in [-0.1, -0.05) is 24.3 Å². The molecule has 34 heavy (non-hydrogen) atoms. The molecule has 182 valence electrons. The van der Waals surface area contributed by atoms with Crippen LogP contribution in [0.2, 0.25) is 0 Å². The van der Waals surface area contributed by atoms with E-state index in [1.54, 1.807) is 10.9 Å². The van der Waals surface area contributed by atoms with Crippen molar-refractivity contribution in [2.24, 2.45) is 0 Å². The summed E-state index contributed by atoms with van der Waals surface area (Å²) in [6.07, 6.45) is 10.9. The molecule has 0 radical (unpaired) electrons. The molecule has 0 amide bonds. The van der Waals surface area contributed by atoms with E-state index >= 15 is 0 Å². The van der Waals surface area contributed by atoms with Gasteiger partial charge in [0.15, 0.2) is 0 Å². The fourth-order valence-corrected chi connectivity index (χ4v) is 4.53. The molecule has 2 heterocycles. The smallest absolute Gasteiger partial charge is 0.328 e. The molecule has 0 bridgehead atoms. The van der Waals surface area contributed by atoms with Crippen molar-refractivity contribution in [2.75, 3.05) is 0 Å². The van der Waals surface area contributed by atoms with Gasteiger partial charge in [0, 0.05) is 18.8 Å². The average molecular weight is 468 g/mol. The van der Waals surface area contributed by atoms with Gasteiger partial charge in [-0.3, -0.25) is 9.78 Å². The Labute approximate surface area is 198 Å². The number of ether oxygens (including phenoxy) is 1. The number of aromatic amines is 1. The summed E-state index contributed by atoms with van der Waals surface area (Å²) in [5, 5.41) is 19.8. The number of aliphatic hydroxyl groups is 1. The summed E-state index contributed by atoms with van der Waals surface area (Å²) in [6.45, 7) is 2.78. The Morgan fingerprint density at radius 3 is 2.79 bits per heavy atom. The number of hydrogen-bond donors (Lipinski definition) is 2. The lowest BCUT2D eigenvalue weighted by molar-refractivity contribution is 0.00940. The molecule has 2 aromatic heterocycles. The van der Waals surface area contributed by atoms with E-state index in [0.717, 1.165) is 49.1 Å². The molecule has 1 aliphatic carbocycles. The van der Waals surface area contributed by atoms with E-state index in [2.05, 4.69) is 15.3 Å². The number of rotatable bonds is 11. The van der Waals surface area contributed by atoms with Crippen LogP contribution >= 0.6 is 0 Å². The van der Waals surface area contributed by atoms with Gasteiger partial charge in [-0.2, -0.15) is 0 Å². The van der Waals surface area contributed by atoms with Crippen molar-refractivity contribution in [1.29, 1.82) is 0 Å². The van der Waals surface area contributed by atoms with Crippen molar-refractivity contribution < 1.29 is 9.84 Å². The first-order valence-corrected chi connectivity index (χ1v) is 12.1. The van der Waals surface area contributed by atoms with E-state index in [9.17, 15) is 14.7 Å². The molecule has 1 atom stereocenters. The summed E-state index contributed by atoms with van der Waals surface area (Å²) in [5.74, 6) is 0.799. The van der Waals surface area contributed by atoms with Gasteiger partial charge < -0.3 is 14.4 Å². The number of nitrogens with one attached hydrogen (secondary N) is 1. The first kappa shape index (κ1) is 23.9. The third kappa shape index (κ3) is 5.83. The number of unbranched alkanes of at least 4 members (excludes halogenated alkanes) is 1. The summed E-state index contributed by atoms with van der Waals surface area (Å²) >= 11 is 0. The van der Waals surface area contributed by atoms with Gasteiger partial charge in [0.05, 0.1) is 24.5 Å². The minimum Gasteiger partial charge on any atom is -0.490 e. The Kier molecular flexibility index (Phi) is 7.62. The number of benzene rings is 1. The Balaban J connectivity index is 1.38. The standard InChI is InChI=1S/C25H33N5O4/c1-2-25(33,19-8-7-12-22(16-19)34-21-10-3-4-11-21)18-30-20(17-26-28-30)9-5-6-14-29-15-13-23(31)27-24(29)32/h7-8,12-13,15-17,21,33H,2-6,9-11,14,18H2,1H3,(H,27,31,32)/t25-/m1/s1. The molecule has 1 aromatic carbocycles. The molecule has 0 aliphatic heterocycles. The fourth-order valence-electron chi connectivity index (χ4n) is 4.53. The zero-order valence-corrected chi connectivity index (χ0v) is 19.7. The van der Waals surface area contributed by atoms with Crippen molar-refractivity contribution in [3.05, 3.63) is 74.8 Å². The molecule has 9 heteroatoms. The molecular weight excluding hydrogens is 434 g/mol. The number of nitrogens with zero attached hydrogens (tertiary/aromatic N) is 4. The second-order valence-corrected chi connectivity index (χ2v) is 9.08. The summed E-state index contributed by atoms with van der Waals surface area (Å²) in [6, 6.07) is 9.11. The Morgan fingerprint density at radius 2 is 2.03 bits per heavy atom. The van der Waals surface area contributed by atoms with Crippen LogP contribution in [0.5, 0.6) is 5.75 Å². The van der Waals surface area contributed by atoms with E-state index in [1.165, 1.54) is 29.7 Å². The number of aryl methyl sites for hydroxylation is 2. The van der Waals surface area contributed by atoms with Gasteiger partial charge in [-0.15, -0.1) is 5.10 Å². The molecule has 1 aliphatic rings. The molecule has 9 nitrogen and oxygen atoms in total. The van der Waals surface area contributed by atoms with Gasteiger partial charge in [0.25, 0.3) is 5.56 Å². The molecular formula is C25H33N5O4. The number of H-pyrrole nitrogens is 1. The molecule has 0 spiro atoms. The molecule has 0 saturated heterocycles. The lowest BCUT2D eigenvalue weighted by Crippen LogP contribution is -2.32. The predicted molar refractivity (Wildman–Crippen MR) is 128 cm³/mol. The van der Waals surface area contributed by atoms with Crippen LogP contribution in [0.25, 0.3) is 0 Å². The zero-order chi connectivity index (χ0) is 24.0. The Hall–Kier alpha value is -3.20. The van der Waals surface area contributed by atoms with Crippen LogP contribution < -0.4 is 16.0 Å². The van der Waals surface area contributed by atoms with Crippen LogP contribution in [-0.4, -0.2) is 35.8 Å². The normalized spacial score (nSPS) is 15.9. The molecule has 1 saturated carbocycles. The maximum absolute atomic E-state index is 11.8. The van der Waals surface area contributed by atoms with Crippen LogP contribution in [0.3, 0.4) is 0 Å². The highest BCUT2D eigenvalue weighted by Crippen LogP contribution is 2.31. The summed E-state index contributed by atoms with van der Waals surface area (Å²) < 4.78 is 9.40. The van der Waals surface area contributed by atoms with Crippen LogP contribution in [-0.2, 0) is 25.1 Å². The predicted octanol–water partition coefficient (Wildman–Crippen LogP) is 2.77. The highest BCUT2D eigenvalue weighted by molar-refractivity contribution is 5.32. The molecule has 0 unspecified atom stereocenters. The Morgan fingerprint density at radius 1 is 1.21 bits per heavy atom. The van der Waals surface area contributed by atoms with Crippen molar-refractivity contribution in [3.8, 4) is 5.75 Å². The van der Waals surface area contributed by atoms with Crippen LogP contribution in [0, 0.1) is 0 Å². The quantitative estimate of drug-likeness (QED) is 0.419. The molecule has 2 N–H and O–H groups in total. The maximum Gasteiger partial charge on any atom is 0.328 e. The largest absolute Gasteiger partial charge is 0.490 e. The molecule has 1 fully saturated rings. The minimum absolute atomic E-state index is 0.263. The van der Waals surface area contributed by atoms with E-state index in [-0.39, 0.29) is 6.10 Å². The Bertz CT molecular complexity index is 1190. The summed E-state index contributed by atoms with van der Waals surface area (Å²) in [4.78, 5) is 25.3. The van der Waals surface area contributed by atoms with Gasteiger partial charge in [-0.25, -0.2) is 9.48 Å². The van der Waals surface area contributed by atoms with Gasteiger partial charge in [0.1, 0.15) is 11.4 Å². The SMILES string of the molecule is CC[C@@](O)(Cn1nncc1CCCCn1ccc(=O)[nH]c1=O)c1cccc(OC2CCCC2)c1. The third-order valence-electron chi connectivity index (χ3n) is 6.65. The lowest BCUT2D eigenvalue weighted by Gasteiger charge is -2.28. The van der Waals surface area contributed by atoms with E-state index < -0.39 is 16.9 Å². The topological polar surface area (TPSA) is 115 Å². The van der Waals surface area contributed by atoms with Crippen LogP contribution in [0.4, 0.5) is 0 Å². The fraction of sp³-hybridized carbons (Fsp3) is 0.520. The third-order valence-corrected chi connectivity index (χ3v) is 6.65. The van der Waals surface area contributed by atoms with E-state index in [1.807, 2.05) is 31.2 Å². The summed E-state index contributed by atoms with van der Waals surface area (Å²) in [5.41, 5.74) is -0.147. The van der Waals surface area contributed by atoms with Crippen molar-refractivity contribution in [2.45, 2.75) is 83.1 Å². The van der Waals surface area contributed by atoms with E-state index in [0.29, 0.717) is 19.5 Å². The maximum atomic E-state index is 11.8. The first-order valence-electron chi connectivity index (χ1n) is 12.1. The zero-order valence-electron chi connectivity index (χ0n) is 19.7. The number of aromatic nitrogens is 5. The van der Waals surface area contributed by atoms with Gasteiger partial charge in [0.2, 0.25) is 0 Å². The molecule has 4 rings (SSSR count). The van der Waals surface area contributed by atoms with Crippen LogP contribution in [0.15, 0.2) is 52.3 Å². The summed E-state index contributed by atoms with van der Waals surface area (Å²) in [7, 11) is 0. The van der Waals surface area contributed by atoms with E-state index in [4.69, 9.17) is 4.74 Å².